The van der Waals surface area contributed by atoms with Crippen LogP contribution in [0, 0.1) is 5.92 Å². The normalized spacial score (nSPS) is 13.8. The smallest absolute Gasteiger partial charge is 0.407 e. The van der Waals surface area contributed by atoms with E-state index in [4.69, 9.17) is 9.47 Å². The standard InChI is InChI=1S/C46H51N3O7/c1-3-5-25-42(49-46(54)56-31-41-39-23-14-12-21-37(39)38-22-13-15-24-40(38)41)45(53)55-30-36(27-33-19-10-7-11-20-33)48-44(52)34(16-4-2)28-43(51)47-35(29-50)26-32-17-8-6-9-18-32/h3-4,6-15,17-24,34-36,41-42,50H,1-2,5,16,25-31H2,(H,47,51)(H,48,52)(H,49,54). The maximum Gasteiger partial charge on any atom is 0.407 e. The van der Waals surface area contributed by atoms with Gasteiger partial charge in [-0.05, 0) is 65.5 Å². The number of aliphatic hydroxyl groups excluding tert-OH is 1. The summed E-state index contributed by atoms with van der Waals surface area (Å²) in [4.78, 5) is 53.5. The molecule has 4 aromatic carbocycles. The second-order valence-corrected chi connectivity index (χ2v) is 14.0. The molecule has 4 atom stereocenters. The Hall–Kier alpha value is -6.00. The SMILES string of the molecule is C=CCCC(NC(=O)OCC1c2ccccc2-c2ccccc21)C(=O)OCC(Cc1ccccc1)NC(=O)C(CC=C)CC(=O)NC(CO)Cc1ccccc1. The molecule has 1 aliphatic carbocycles. The van der Waals surface area contributed by atoms with Crippen molar-refractivity contribution in [2.24, 2.45) is 5.92 Å². The molecule has 0 aliphatic heterocycles. The molecule has 1 aliphatic rings. The van der Waals surface area contributed by atoms with Crippen LogP contribution in [0.3, 0.4) is 0 Å². The molecule has 0 bridgehead atoms. The van der Waals surface area contributed by atoms with Crippen LogP contribution in [-0.4, -0.2) is 66.9 Å². The van der Waals surface area contributed by atoms with E-state index in [2.05, 4.69) is 41.2 Å². The van der Waals surface area contributed by atoms with E-state index in [0.29, 0.717) is 19.3 Å². The number of hydrogen-bond acceptors (Lipinski definition) is 7. The Balaban J connectivity index is 1.20. The molecule has 10 heteroatoms. The molecule has 10 nitrogen and oxygen atoms in total. The quantitative estimate of drug-likeness (QED) is 0.0567. The molecule has 0 heterocycles. The van der Waals surface area contributed by atoms with Gasteiger partial charge in [0.1, 0.15) is 19.3 Å². The van der Waals surface area contributed by atoms with E-state index in [9.17, 15) is 24.3 Å². The molecule has 0 spiro atoms. The molecule has 0 radical (unpaired) electrons. The topological polar surface area (TPSA) is 143 Å². The molecule has 292 valence electrons. The summed E-state index contributed by atoms with van der Waals surface area (Å²) in [5.41, 5.74) is 6.22. The summed E-state index contributed by atoms with van der Waals surface area (Å²) in [7, 11) is 0. The van der Waals surface area contributed by atoms with E-state index in [-0.39, 0.29) is 50.9 Å². The minimum absolute atomic E-state index is 0.0891. The van der Waals surface area contributed by atoms with E-state index in [1.807, 2.05) is 97.1 Å². The number of ether oxygens (including phenoxy) is 2. The molecule has 3 amide bonds. The average molecular weight is 758 g/mol. The Kier molecular flexibility index (Phi) is 15.6. The van der Waals surface area contributed by atoms with Crippen molar-refractivity contribution in [3.8, 4) is 11.1 Å². The van der Waals surface area contributed by atoms with Gasteiger partial charge in [0.15, 0.2) is 0 Å². The average Bonchev–Trinajstić information content (AvgIpc) is 3.54. The number of esters is 1. The van der Waals surface area contributed by atoms with Gasteiger partial charge in [-0.15, -0.1) is 13.2 Å². The van der Waals surface area contributed by atoms with Crippen LogP contribution in [0.2, 0.25) is 0 Å². The van der Waals surface area contributed by atoms with Crippen LogP contribution < -0.4 is 16.0 Å². The van der Waals surface area contributed by atoms with Gasteiger partial charge in [0.2, 0.25) is 11.8 Å². The lowest BCUT2D eigenvalue weighted by atomic mass is 9.98. The zero-order valence-electron chi connectivity index (χ0n) is 31.6. The first-order chi connectivity index (χ1) is 27.3. The molecular formula is C46H51N3O7. The highest BCUT2D eigenvalue weighted by Gasteiger charge is 2.31. The van der Waals surface area contributed by atoms with Crippen molar-refractivity contribution < 1.29 is 33.8 Å². The van der Waals surface area contributed by atoms with Crippen molar-refractivity contribution in [3.63, 3.8) is 0 Å². The molecule has 0 saturated carbocycles. The highest BCUT2D eigenvalue weighted by molar-refractivity contribution is 5.86. The van der Waals surface area contributed by atoms with Crippen molar-refractivity contribution >= 4 is 23.9 Å². The summed E-state index contributed by atoms with van der Waals surface area (Å²) in [5.74, 6) is -2.36. The van der Waals surface area contributed by atoms with E-state index >= 15 is 0 Å². The first kappa shape index (κ1) is 41.2. The summed E-state index contributed by atoms with van der Waals surface area (Å²) in [6, 6.07) is 32.8. The number of carbonyl (C=O) groups excluding carboxylic acids is 4. The molecule has 56 heavy (non-hydrogen) atoms. The van der Waals surface area contributed by atoms with Crippen LogP contribution in [0.5, 0.6) is 0 Å². The molecule has 0 aromatic heterocycles. The number of nitrogens with one attached hydrogen (secondary N) is 3. The Morgan fingerprint density at radius 1 is 0.696 bits per heavy atom. The number of alkyl carbamates (subject to hydrolysis) is 1. The second-order valence-electron chi connectivity index (χ2n) is 14.0. The number of aliphatic hydroxyl groups is 1. The van der Waals surface area contributed by atoms with Crippen molar-refractivity contribution in [1.82, 2.24) is 16.0 Å². The summed E-state index contributed by atoms with van der Waals surface area (Å²) in [5, 5.41) is 18.4. The highest BCUT2D eigenvalue weighted by Crippen LogP contribution is 2.44. The fraction of sp³-hybridized carbons (Fsp3) is 0.304. The lowest BCUT2D eigenvalue weighted by Gasteiger charge is -2.24. The second kappa shape index (κ2) is 21.2. The fourth-order valence-electron chi connectivity index (χ4n) is 7.02. The van der Waals surface area contributed by atoms with Crippen LogP contribution in [-0.2, 0) is 36.7 Å². The number of benzene rings is 4. The molecule has 0 fully saturated rings. The Labute approximate surface area is 329 Å². The maximum absolute atomic E-state index is 13.7. The van der Waals surface area contributed by atoms with Gasteiger partial charge in [-0.25, -0.2) is 9.59 Å². The van der Waals surface area contributed by atoms with E-state index in [1.54, 1.807) is 12.2 Å². The van der Waals surface area contributed by atoms with Gasteiger partial charge in [0, 0.05) is 12.3 Å². The third kappa shape index (κ3) is 11.7. The van der Waals surface area contributed by atoms with Gasteiger partial charge in [0.25, 0.3) is 0 Å². The first-order valence-corrected chi connectivity index (χ1v) is 19.1. The van der Waals surface area contributed by atoms with Crippen LogP contribution >= 0.6 is 0 Å². The number of fused-ring (bicyclic) bond motifs is 3. The van der Waals surface area contributed by atoms with Gasteiger partial charge < -0.3 is 30.5 Å². The van der Waals surface area contributed by atoms with Crippen molar-refractivity contribution in [3.05, 3.63) is 157 Å². The van der Waals surface area contributed by atoms with Crippen molar-refractivity contribution in [2.45, 2.75) is 62.6 Å². The predicted molar refractivity (Wildman–Crippen MR) is 217 cm³/mol. The van der Waals surface area contributed by atoms with E-state index < -0.39 is 42.0 Å². The van der Waals surface area contributed by atoms with Gasteiger partial charge >= 0.3 is 12.1 Å². The molecule has 0 saturated heterocycles. The monoisotopic (exact) mass is 757 g/mol. The van der Waals surface area contributed by atoms with Gasteiger partial charge in [-0.2, -0.15) is 0 Å². The molecule has 4 unspecified atom stereocenters. The van der Waals surface area contributed by atoms with Crippen LogP contribution in [0.1, 0.15) is 53.9 Å². The third-order valence-corrected chi connectivity index (χ3v) is 9.84. The van der Waals surface area contributed by atoms with E-state index in [1.165, 1.54) is 0 Å². The summed E-state index contributed by atoms with van der Waals surface area (Å²) >= 11 is 0. The highest BCUT2D eigenvalue weighted by atomic mass is 16.6. The number of amides is 3. The molecular weight excluding hydrogens is 707 g/mol. The fourth-order valence-corrected chi connectivity index (χ4v) is 7.02. The summed E-state index contributed by atoms with van der Waals surface area (Å²) in [6.45, 7) is 7.18. The Morgan fingerprint density at radius 2 is 1.27 bits per heavy atom. The number of hydrogen-bond donors (Lipinski definition) is 4. The first-order valence-electron chi connectivity index (χ1n) is 19.1. The van der Waals surface area contributed by atoms with Crippen LogP contribution in [0.25, 0.3) is 11.1 Å². The van der Waals surface area contributed by atoms with Crippen molar-refractivity contribution in [2.75, 3.05) is 19.8 Å². The lowest BCUT2D eigenvalue weighted by molar-refractivity contribution is -0.147. The lowest BCUT2D eigenvalue weighted by Crippen LogP contribution is -2.47. The summed E-state index contributed by atoms with van der Waals surface area (Å²) in [6.07, 6.45) is 4.03. The predicted octanol–water partition coefficient (Wildman–Crippen LogP) is 6.43. The minimum Gasteiger partial charge on any atom is -0.462 e. The maximum atomic E-state index is 13.7. The van der Waals surface area contributed by atoms with Gasteiger partial charge in [-0.1, -0.05) is 121 Å². The molecule has 5 rings (SSSR count). The molecule has 4 aromatic rings. The van der Waals surface area contributed by atoms with Crippen LogP contribution in [0.15, 0.2) is 135 Å². The largest absolute Gasteiger partial charge is 0.462 e. The molecule has 4 N–H and O–H groups in total. The number of allylic oxidation sites excluding steroid dienone is 2. The van der Waals surface area contributed by atoms with Crippen molar-refractivity contribution in [1.29, 1.82) is 0 Å². The van der Waals surface area contributed by atoms with Gasteiger partial charge in [0.05, 0.1) is 24.6 Å². The zero-order valence-corrected chi connectivity index (χ0v) is 31.6. The Morgan fingerprint density at radius 3 is 1.84 bits per heavy atom. The van der Waals surface area contributed by atoms with E-state index in [0.717, 1.165) is 33.4 Å². The summed E-state index contributed by atoms with van der Waals surface area (Å²) < 4.78 is 11.5. The number of carbonyl (C=O) groups is 4. The zero-order chi connectivity index (χ0) is 39.7. The third-order valence-electron chi connectivity index (χ3n) is 9.84. The number of rotatable bonds is 21. The Bertz CT molecular complexity index is 1890. The van der Waals surface area contributed by atoms with Gasteiger partial charge in [-0.3, -0.25) is 9.59 Å². The minimum atomic E-state index is -1.02. The van der Waals surface area contributed by atoms with Crippen LogP contribution in [0.4, 0.5) is 4.79 Å².